The van der Waals surface area contributed by atoms with Gasteiger partial charge in [-0.2, -0.15) is 0 Å². The molecule has 0 bridgehead atoms. The number of fused-ring (bicyclic) bond motifs is 1. The highest BCUT2D eigenvalue weighted by molar-refractivity contribution is 9.10. The molecule has 31 heavy (non-hydrogen) atoms. The molecule has 3 heterocycles. The number of carbonyl (C=O) groups is 1. The molecule has 2 fully saturated rings. The van der Waals surface area contributed by atoms with Gasteiger partial charge in [0.05, 0.1) is 16.6 Å². The second-order valence-electron chi connectivity index (χ2n) is 8.00. The van der Waals surface area contributed by atoms with E-state index in [1.165, 1.54) is 4.90 Å². The van der Waals surface area contributed by atoms with Crippen LogP contribution in [0.15, 0.2) is 15.3 Å². The zero-order valence-corrected chi connectivity index (χ0v) is 19.5. The second kappa shape index (κ2) is 8.81. The normalized spacial score (nSPS) is 19.7. The van der Waals surface area contributed by atoms with E-state index < -0.39 is 6.09 Å². The zero-order chi connectivity index (χ0) is 22.3. The number of hydrogen-bond donors (Lipinski definition) is 3. The van der Waals surface area contributed by atoms with Crippen LogP contribution in [-0.2, 0) is 0 Å². The topological polar surface area (TPSA) is 114 Å². The second-order valence-corrected chi connectivity index (χ2v) is 9.23. The standard InChI is InChI=1S/C19H24BrClN6O4/c1-25(2)11-7-27(8-11)18-23-13-5-12(20)15(21)16(14(13)17(28)24-18)31-9-10-6-26(19(29)30)4-3-22-10/h5,10-11,22H,3-4,6-9H2,1-2H3,(H,29,30)(H,23,24,28). The lowest BCUT2D eigenvalue weighted by Gasteiger charge is -2.42. The maximum Gasteiger partial charge on any atom is 0.407 e. The Hall–Kier alpha value is -2.08. The lowest BCUT2D eigenvalue weighted by atomic mass is 10.1. The maximum atomic E-state index is 12.9. The molecular formula is C19H24BrClN6O4. The summed E-state index contributed by atoms with van der Waals surface area (Å²) in [6.07, 6.45) is -0.965. The lowest BCUT2D eigenvalue weighted by molar-refractivity contribution is 0.118. The first kappa shape index (κ1) is 22.1. The number of amides is 1. The maximum absolute atomic E-state index is 12.9. The predicted octanol–water partition coefficient (Wildman–Crippen LogP) is 1.42. The van der Waals surface area contributed by atoms with Crippen LogP contribution in [0.25, 0.3) is 10.9 Å². The summed E-state index contributed by atoms with van der Waals surface area (Å²) in [6, 6.07) is 1.91. The van der Waals surface area contributed by atoms with Gasteiger partial charge in [-0.3, -0.25) is 9.78 Å². The van der Waals surface area contributed by atoms with Gasteiger partial charge in [0.1, 0.15) is 12.0 Å². The molecule has 1 aromatic carbocycles. The minimum Gasteiger partial charge on any atom is -0.489 e. The average Bonchev–Trinajstić information content (AvgIpc) is 2.67. The summed E-state index contributed by atoms with van der Waals surface area (Å²) in [5.41, 5.74) is 0.142. The number of rotatable bonds is 5. The molecule has 10 nitrogen and oxygen atoms in total. The molecule has 1 amide bonds. The summed E-state index contributed by atoms with van der Waals surface area (Å²) >= 11 is 9.86. The van der Waals surface area contributed by atoms with Crippen molar-refractivity contribution in [2.75, 3.05) is 58.3 Å². The Kier molecular flexibility index (Phi) is 6.29. The first-order chi connectivity index (χ1) is 14.7. The number of H-pyrrole nitrogens is 1. The number of piperazine rings is 1. The minimum atomic E-state index is -0.965. The third-order valence-corrected chi connectivity index (χ3v) is 6.91. The van der Waals surface area contributed by atoms with Crippen LogP contribution in [-0.4, -0.2) is 96.5 Å². The number of nitrogens with one attached hydrogen (secondary N) is 2. The van der Waals surface area contributed by atoms with Gasteiger partial charge in [0.15, 0.2) is 5.75 Å². The Morgan fingerprint density at radius 1 is 1.42 bits per heavy atom. The Labute approximate surface area is 192 Å². The number of benzene rings is 1. The summed E-state index contributed by atoms with van der Waals surface area (Å²) < 4.78 is 6.51. The van der Waals surface area contributed by atoms with Gasteiger partial charge in [-0.25, -0.2) is 9.78 Å². The van der Waals surface area contributed by atoms with Crippen LogP contribution in [0.4, 0.5) is 10.7 Å². The van der Waals surface area contributed by atoms with E-state index in [0.29, 0.717) is 41.6 Å². The fourth-order valence-corrected chi connectivity index (χ4v) is 4.34. The molecular weight excluding hydrogens is 492 g/mol. The van der Waals surface area contributed by atoms with E-state index in [1.807, 2.05) is 19.0 Å². The van der Waals surface area contributed by atoms with E-state index in [0.717, 1.165) is 13.1 Å². The van der Waals surface area contributed by atoms with Crippen molar-refractivity contribution >= 4 is 50.5 Å². The van der Waals surface area contributed by atoms with E-state index in [1.54, 1.807) is 6.07 Å². The predicted molar refractivity (Wildman–Crippen MR) is 122 cm³/mol. The number of hydrogen-bond acceptors (Lipinski definition) is 7. The van der Waals surface area contributed by atoms with Crippen LogP contribution in [0, 0.1) is 0 Å². The van der Waals surface area contributed by atoms with Crippen molar-refractivity contribution in [1.82, 2.24) is 25.1 Å². The number of aromatic nitrogens is 2. The van der Waals surface area contributed by atoms with Gasteiger partial charge in [0.25, 0.3) is 5.56 Å². The fourth-order valence-electron chi connectivity index (χ4n) is 3.74. The fraction of sp³-hybridized carbons (Fsp3) is 0.526. The molecule has 1 atom stereocenters. The largest absolute Gasteiger partial charge is 0.489 e. The van der Waals surface area contributed by atoms with Crippen molar-refractivity contribution in [3.63, 3.8) is 0 Å². The van der Waals surface area contributed by atoms with Crippen LogP contribution >= 0.6 is 27.5 Å². The molecule has 0 saturated carbocycles. The van der Waals surface area contributed by atoms with Gasteiger partial charge in [0.2, 0.25) is 5.95 Å². The SMILES string of the molecule is CN(C)C1CN(c2nc3cc(Br)c(Cl)c(OCC4CN(C(=O)O)CCN4)c3c(=O)[nH]2)C1. The third-order valence-electron chi connectivity index (χ3n) is 5.68. The highest BCUT2D eigenvalue weighted by atomic mass is 79.9. The molecule has 1 unspecified atom stereocenters. The number of aromatic amines is 1. The number of carboxylic acid groups (broad SMARTS) is 1. The molecule has 2 aromatic rings. The molecule has 0 aliphatic carbocycles. The van der Waals surface area contributed by atoms with Crippen LogP contribution in [0.5, 0.6) is 5.75 Å². The van der Waals surface area contributed by atoms with Gasteiger partial charge in [-0.1, -0.05) is 11.6 Å². The van der Waals surface area contributed by atoms with Crippen molar-refractivity contribution in [3.05, 3.63) is 25.9 Å². The van der Waals surface area contributed by atoms with Gasteiger partial charge in [-0.15, -0.1) is 0 Å². The molecule has 1 aromatic heterocycles. The summed E-state index contributed by atoms with van der Waals surface area (Å²) in [5, 5.41) is 13.0. The molecule has 0 spiro atoms. The van der Waals surface area contributed by atoms with Crippen molar-refractivity contribution in [1.29, 1.82) is 0 Å². The van der Waals surface area contributed by atoms with E-state index in [2.05, 4.69) is 36.1 Å². The van der Waals surface area contributed by atoms with E-state index >= 15 is 0 Å². The first-order valence-corrected chi connectivity index (χ1v) is 11.1. The van der Waals surface area contributed by atoms with Crippen molar-refractivity contribution in [3.8, 4) is 5.75 Å². The molecule has 2 aliphatic rings. The minimum absolute atomic E-state index is 0.160. The van der Waals surface area contributed by atoms with Crippen molar-refractivity contribution in [2.24, 2.45) is 0 Å². The molecule has 2 saturated heterocycles. The van der Waals surface area contributed by atoms with E-state index in [-0.39, 0.29) is 34.4 Å². The molecule has 3 N–H and O–H groups in total. The van der Waals surface area contributed by atoms with Gasteiger partial charge >= 0.3 is 6.09 Å². The Morgan fingerprint density at radius 3 is 2.84 bits per heavy atom. The van der Waals surface area contributed by atoms with Crippen molar-refractivity contribution < 1.29 is 14.6 Å². The monoisotopic (exact) mass is 514 g/mol. The first-order valence-electron chi connectivity index (χ1n) is 9.92. The van der Waals surface area contributed by atoms with Crippen LogP contribution in [0.2, 0.25) is 5.02 Å². The highest BCUT2D eigenvalue weighted by Crippen LogP contribution is 2.38. The summed E-state index contributed by atoms with van der Waals surface area (Å²) in [7, 11) is 4.05. The zero-order valence-electron chi connectivity index (χ0n) is 17.2. The summed E-state index contributed by atoms with van der Waals surface area (Å²) in [4.78, 5) is 37.1. The van der Waals surface area contributed by atoms with Crippen LogP contribution in [0.3, 0.4) is 0 Å². The third kappa shape index (κ3) is 4.45. The van der Waals surface area contributed by atoms with Crippen molar-refractivity contribution in [2.45, 2.75) is 12.1 Å². The average molecular weight is 516 g/mol. The Balaban J connectivity index is 1.59. The highest BCUT2D eigenvalue weighted by Gasteiger charge is 2.31. The van der Waals surface area contributed by atoms with Crippen LogP contribution in [0.1, 0.15) is 0 Å². The van der Waals surface area contributed by atoms with Crippen LogP contribution < -0.4 is 20.5 Å². The van der Waals surface area contributed by atoms with Gasteiger partial charge in [-0.05, 0) is 36.1 Å². The Bertz CT molecular complexity index is 1060. The molecule has 2 aliphatic heterocycles. The summed E-state index contributed by atoms with van der Waals surface area (Å²) in [5.74, 6) is 0.747. The lowest BCUT2D eigenvalue weighted by Crippen LogP contribution is -2.58. The summed E-state index contributed by atoms with van der Waals surface area (Å²) in [6.45, 7) is 2.97. The number of ether oxygens (including phenoxy) is 1. The van der Waals surface area contributed by atoms with Gasteiger partial charge < -0.3 is 29.9 Å². The van der Waals surface area contributed by atoms with Gasteiger partial charge in [0, 0.05) is 43.2 Å². The molecule has 4 rings (SSSR count). The molecule has 12 heteroatoms. The smallest absolute Gasteiger partial charge is 0.407 e. The molecule has 168 valence electrons. The van der Waals surface area contributed by atoms with E-state index in [9.17, 15) is 14.7 Å². The number of nitrogens with zero attached hydrogens (tertiary/aromatic N) is 4. The number of halogens is 2. The van der Waals surface area contributed by atoms with E-state index in [4.69, 9.17) is 16.3 Å². The number of likely N-dealkylation sites (N-methyl/N-ethyl adjacent to an activating group) is 1. The Morgan fingerprint density at radius 2 is 2.16 bits per heavy atom. The molecule has 0 radical (unpaired) electrons. The quantitative estimate of drug-likeness (QED) is 0.548. The number of anilines is 1.